The number of hydrogen-bond acceptors (Lipinski definition) is 3. The zero-order valence-corrected chi connectivity index (χ0v) is 8.11. The van der Waals surface area contributed by atoms with Crippen LogP contribution < -0.4 is 0 Å². The minimum Gasteiger partial charge on any atom is -0.395 e. The van der Waals surface area contributed by atoms with Crippen LogP contribution in [-0.4, -0.2) is 48.5 Å². The molecule has 1 atom stereocenters. The van der Waals surface area contributed by atoms with Gasteiger partial charge in [-0.3, -0.25) is 4.90 Å². The second-order valence-corrected chi connectivity index (χ2v) is 4.06. The lowest BCUT2D eigenvalue weighted by atomic mass is 9.90. The molecule has 13 heavy (non-hydrogen) atoms. The molecule has 3 nitrogen and oxygen atoms in total. The molecule has 1 aliphatic carbocycles. The molecule has 2 fully saturated rings. The van der Waals surface area contributed by atoms with Gasteiger partial charge in [0.2, 0.25) is 0 Å². The Bertz CT molecular complexity index is 153. The first kappa shape index (κ1) is 9.44. The molecular weight excluding hydrogens is 166 g/mol. The maximum absolute atomic E-state index is 8.98. The average Bonchev–Trinajstić information content (AvgIpc) is 2.51. The van der Waals surface area contributed by atoms with Gasteiger partial charge in [0.1, 0.15) is 0 Å². The Kier molecular flexibility index (Phi) is 3.19. The highest BCUT2D eigenvalue weighted by molar-refractivity contribution is 4.86. The molecule has 1 unspecified atom stereocenters. The summed E-state index contributed by atoms with van der Waals surface area (Å²) >= 11 is 0. The molecule has 0 aromatic carbocycles. The van der Waals surface area contributed by atoms with E-state index in [0.29, 0.717) is 6.04 Å². The van der Waals surface area contributed by atoms with Crippen LogP contribution in [0.5, 0.6) is 0 Å². The molecule has 1 saturated carbocycles. The van der Waals surface area contributed by atoms with E-state index in [1.807, 2.05) is 0 Å². The van der Waals surface area contributed by atoms with Gasteiger partial charge in [-0.1, -0.05) is 6.42 Å². The van der Waals surface area contributed by atoms with E-state index in [2.05, 4.69) is 4.90 Å². The van der Waals surface area contributed by atoms with Gasteiger partial charge in [0.15, 0.2) is 0 Å². The molecule has 0 aromatic rings. The first-order chi connectivity index (χ1) is 6.42. The summed E-state index contributed by atoms with van der Waals surface area (Å²) in [5.74, 6) is 0. The average molecular weight is 185 g/mol. The van der Waals surface area contributed by atoms with Crippen molar-refractivity contribution in [2.24, 2.45) is 0 Å². The first-order valence-electron chi connectivity index (χ1n) is 5.36. The van der Waals surface area contributed by atoms with E-state index >= 15 is 0 Å². The second kappa shape index (κ2) is 4.40. The van der Waals surface area contributed by atoms with Crippen molar-refractivity contribution >= 4 is 0 Å². The zero-order valence-electron chi connectivity index (χ0n) is 8.11. The highest BCUT2D eigenvalue weighted by atomic mass is 16.5. The molecular formula is C10H19NO2. The van der Waals surface area contributed by atoms with E-state index in [1.54, 1.807) is 0 Å². The zero-order chi connectivity index (χ0) is 9.10. The Hall–Kier alpha value is -0.120. The largest absolute Gasteiger partial charge is 0.395 e. The highest BCUT2D eigenvalue weighted by Crippen LogP contribution is 2.28. The SMILES string of the molecule is OCCN(C1CCC1)C1CCOC1. The molecule has 3 heteroatoms. The third kappa shape index (κ3) is 2.03. The number of aliphatic hydroxyl groups is 1. The fraction of sp³-hybridized carbons (Fsp3) is 1.00. The van der Waals surface area contributed by atoms with Crippen molar-refractivity contribution < 1.29 is 9.84 Å². The van der Waals surface area contributed by atoms with Gasteiger partial charge in [-0.25, -0.2) is 0 Å². The van der Waals surface area contributed by atoms with E-state index in [9.17, 15) is 0 Å². The Morgan fingerprint density at radius 3 is 2.54 bits per heavy atom. The summed E-state index contributed by atoms with van der Waals surface area (Å²) in [6.07, 6.45) is 5.14. The summed E-state index contributed by atoms with van der Waals surface area (Å²) in [5.41, 5.74) is 0. The van der Waals surface area contributed by atoms with Crippen LogP contribution in [0.4, 0.5) is 0 Å². The van der Waals surface area contributed by atoms with Crippen molar-refractivity contribution in [3.63, 3.8) is 0 Å². The van der Waals surface area contributed by atoms with E-state index in [-0.39, 0.29) is 6.61 Å². The summed E-state index contributed by atoms with van der Waals surface area (Å²) in [7, 11) is 0. The predicted octanol–water partition coefficient (Wildman–Crippen LogP) is 0.622. The summed E-state index contributed by atoms with van der Waals surface area (Å²) < 4.78 is 5.38. The number of aliphatic hydroxyl groups excluding tert-OH is 1. The third-order valence-corrected chi connectivity index (χ3v) is 3.28. The molecule has 0 amide bonds. The molecule has 0 bridgehead atoms. The summed E-state index contributed by atoms with van der Waals surface area (Å²) in [6.45, 7) is 2.89. The van der Waals surface area contributed by atoms with Crippen molar-refractivity contribution in [2.45, 2.75) is 37.8 Å². The Morgan fingerprint density at radius 1 is 1.23 bits per heavy atom. The van der Waals surface area contributed by atoms with E-state index in [0.717, 1.165) is 32.2 Å². The van der Waals surface area contributed by atoms with Crippen LogP contribution in [0, 0.1) is 0 Å². The molecule has 0 aromatic heterocycles. The van der Waals surface area contributed by atoms with Crippen LogP contribution in [0.1, 0.15) is 25.7 Å². The van der Waals surface area contributed by atoms with Crippen molar-refractivity contribution in [1.29, 1.82) is 0 Å². The van der Waals surface area contributed by atoms with Gasteiger partial charge in [-0.05, 0) is 19.3 Å². The van der Waals surface area contributed by atoms with Gasteiger partial charge in [-0.2, -0.15) is 0 Å². The summed E-state index contributed by atoms with van der Waals surface area (Å²) in [6, 6.07) is 1.32. The lowest BCUT2D eigenvalue weighted by Crippen LogP contribution is -2.48. The lowest BCUT2D eigenvalue weighted by molar-refractivity contribution is 0.0522. The van der Waals surface area contributed by atoms with Gasteiger partial charge < -0.3 is 9.84 Å². The summed E-state index contributed by atoms with van der Waals surface area (Å²) in [5, 5.41) is 8.98. The molecule has 1 aliphatic heterocycles. The molecule has 1 heterocycles. The van der Waals surface area contributed by atoms with Crippen LogP contribution in [-0.2, 0) is 4.74 Å². The number of hydrogen-bond donors (Lipinski definition) is 1. The molecule has 76 valence electrons. The van der Waals surface area contributed by atoms with Crippen LogP contribution in [0.15, 0.2) is 0 Å². The summed E-state index contributed by atoms with van der Waals surface area (Å²) in [4.78, 5) is 2.45. The van der Waals surface area contributed by atoms with Gasteiger partial charge in [-0.15, -0.1) is 0 Å². The standard InChI is InChI=1S/C10H19NO2/c12-6-5-11(9-2-1-3-9)10-4-7-13-8-10/h9-10,12H,1-8H2. The van der Waals surface area contributed by atoms with Gasteiger partial charge >= 0.3 is 0 Å². The second-order valence-electron chi connectivity index (χ2n) is 4.06. The Morgan fingerprint density at radius 2 is 2.08 bits per heavy atom. The maximum Gasteiger partial charge on any atom is 0.0622 e. The molecule has 0 spiro atoms. The molecule has 2 rings (SSSR count). The normalized spacial score (nSPS) is 29.5. The minimum atomic E-state index is 0.285. The molecule has 2 aliphatic rings. The van der Waals surface area contributed by atoms with Crippen LogP contribution in [0.3, 0.4) is 0 Å². The number of nitrogens with zero attached hydrogens (tertiary/aromatic N) is 1. The third-order valence-electron chi connectivity index (χ3n) is 3.28. The first-order valence-corrected chi connectivity index (χ1v) is 5.36. The van der Waals surface area contributed by atoms with Crippen molar-refractivity contribution in [3.8, 4) is 0 Å². The number of ether oxygens (including phenoxy) is 1. The fourth-order valence-corrected chi connectivity index (χ4v) is 2.28. The van der Waals surface area contributed by atoms with E-state index < -0.39 is 0 Å². The maximum atomic E-state index is 8.98. The Labute approximate surface area is 79.7 Å². The van der Waals surface area contributed by atoms with Gasteiger partial charge in [0, 0.05) is 25.2 Å². The Balaban J connectivity index is 1.86. The fourth-order valence-electron chi connectivity index (χ4n) is 2.28. The van der Waals surface area contributed by atoms with Crippen LogP contribution in [0.25, 0.3) is 0 Å². The van der Waals surface area contributed by atoms with E-state index in [4.69, 9.17) is 9.84 Å². The molecule has 1 saturated heterocycles. The van der Waals surface area contributed by atoms with Crippen molar-refractivity contribution in [2.75, 3.05) is 26.4 Å². The molecule has 1 N–H and O–H groups in total. The monoisotopic (exact) mass is 185 g/mol. The minimum absolute atomic E-state index is 0.285. The lowest BCUT2D eigenvalue weighted by Gasteiger charge is -2.40. The predicted molar refractivity (Wildman–Crippen MR) is 50.7 cm³/mol. The number of rotatable bonds is 4. The molecule has 0 radical (unpaired) electrons. The van der Waals surface area contributed by atoms with E-state index in [1.165, 1.54) is 19.3 Å². The smallest absolute Gasteiger partial charge is 0.0622 e. The van der Waals surface area contributed by atoms with Crippen molar-refractivity contribution in [3.05, 3.63) is 0 Å². The van der Waals surface area contributed by atoms with Crippen LogP contribution in [0.2, 0.25) is 0 Å². The van der Waals surface area contributed by atoms with Crippen molar-refractivity contribution in [1.82, 2.24) is 4.90 Å². The van der Waals surface area contributed by atoms with Crippen LogP contribution >= 0.6 is 0 Å². The van der Waals surface area contributed by atoms with Gasteiger partial charge in [0.25, 0.3) is 0 Å². The topological polar surface area (TPSA) is 32.7 Å². The van der Waals surface area contributed by atoms with Gasteiger partial charge in [0.05, 0.1) is 13.2 Å². The quantitative estimate of drug-likeness (QED) is 0.697. The highest BCUT2D eigenvalue weighted by Gasteiger charge is 2.31.